The second-order valence-corrected chi connectivity index (χ2v) is 17.8. The first kappa shape index (κ1) is 28.3. The van der Waals surface area contributed by atoms with Crippen LogP contribution in [0.25, 0.3) is 0 Å². The van der Waals surface area contributed by atoms with Crippen molar-refractivity contribution in [2.45, 2.75) is 63.2 Å². The van der Waals surface area contributed by atoms with Crippen LogP contribution >= 0.6 is 54.5 Å². The molecular formula is C34H34Br2N4S2. The van der Waals surface area contributed by atoms with Gasteiger partial charge in [0.1, 0.15) is 0 Å². The average Bonchev–Trinajstić information content (AvgIpc) is 3.77. The van der Waals surface area contributed by atoms with Gasteiger partial charge in [0.05, 0.1) is 18.4 Å². The van der Waals surface area contributed by atoms with Crippen LogP contribution in [0.2, 0.25) is 0 Å². The Hall–Kier alpha value is -2.52. The third kappa shape index (κ3) is 4.01. The van der Waals surface area contributed by atoms with Crippen LogP contribution in [0.4, 0.5) is 0 Å². The van der Waals surface area contributed by atoms with Crippen LogP contribution in [0.15, 0.2) is 80.4 Å². The summed E-state index contributed by atoms with van der Waals surface area (Å²) < 4.78 is 2.26. The SMILES string of the molecule is CC1(C)c2ccc([nH]2)C(C)(c2ccc(Br)s2)c2ccc([nH]2)C(C)(C)c2ccc([nH]2)C(C)(c2ccc(Br)s2)c2ccc1[nH]2. The van der Waals surface area contributed by atoms with Crippen LogP contribution in [0.5, 0.6) is 0 Å². The molecule has 4 N–H and O–H groups in total. The normalized spacial score (nSPS) is 22.9. The molecule has 0 unspecified atom stereocenters. The third-order valence-corrected chi connectivity index (χ3v) is 13.4. The Morgan fingerprint density at radius 1 is 0.405 bits per heavy atom. The predicted octanol–water partition coefficient (Wildman–Crippen LogP) is 10.3. The molecule has 0 spiro atoms. The van der Waals surface area contributed by atoms with Gasteiger partial charge in [-0.15, -0.1) is 22.7 Å². The zero-order valence-electron chi connectivity index (χ0n) is 24.5. The number of rotatable bonds is 2. The summed E-state index contributed by atoms with van der Waals surface area (Å²) in [5, 5.41) is 0. The second-order valence-electron chi connectivity index (χ2n) is 12.9. The van der Waals surface area contributed by atoms with Gasteiger partial charge in [0.2, 0.25) is 0 Å². The van der Waals surface area contributed by atoms with Gasteiger partial charge in [-0.05, 0) is 146 Å². The second kappa shape index (κ2) is 9.49. The maximum Gasteiger partial charge on any atom is 0.0816 e. The van der Waals surface area contributed by atoms with Gasteiger partial charge in [0, 0.05) is 66.1 Å². The van der Waals surface area contributed by atoms with E-state index in [2.05, 4.69) is 166 Å². The standard InChI is InChI=1S/C34H34Br2N4S2/c1-31(2)19-7-11-23(37-19)33(5,27-15-17-29(35)41-27)25-13-9-21(39-25)32(3,4)22-10-14-26(40-22)34(6,24-12-8-20(31)38-24)28-16-18-30(36)42-28/h7-18,37-40H,1-6H3. The number of fused-ring (bicyclic) bond motifs is 8. The molecule has 216 valence electrons. The summed E-state index contributed by atoms with van der Waals surface area (Å²) in [6.45, 7) is 13.8. The fraction of sp³-hybridized carbons (Fsp3) is 0.294. The largest absolute Gasteiger partial charge is 0.360 e. The number of H-pyrrole nitrogens is 4. The Morgan fingerprint density at radius 2 is 0.667 bits per heavy atom. The minimum atomic E-state index is -0.386. The molecule has 7 heterocycles. The van der Waals surface area contributed by atoms with E-state index in [1.165, 1.54) is 55.3 Å². The van der Waals surface area contributed by atoms with Gasteiger partial charge in [0.15, 0.2) is 0 Å². The fourth-order valence-corrected chi connectivity index (χ4v) is 9.61. The van der Waals surface area contributed by atoms with E-state index in [-0.39, 0.29) is 21.7 Å². The van der Waals surface area contributed by atoms with Crippen molar-refractivity contribution in [3.63, 3.8) is 0 Å². The molecule has 0 atom stereocenters. The minimum Gasteiger partial charge on any atom is -0.360 e. The van der Waals surface area contributed by atoms with E-state index in [0.717, 1.165) is 7.57 Å². The molecule has 1 aliphatic rings. The van der Waals surface area contributed by atoms with E-state index < -0.39 is 0 Å². The maximum atomic E-state index is 3.90. The fourth-order valence-electron chi connectivity index (χ4n) is 6.48. The molecule has 6 aromatic rings. The highest BCUT2D eigenvalue weighted by molar-refractivity contribution is 9.11. The van der Waals surface area contributed by atoms with Crippen molar-refractivity contribution < 1.29 is 0 Å². The molecule has 0 fully saturated rings. The Labute approximate surface area is 271 Å². The summed E-state index contributed by atoms with van der Waals surface area (Å²) in [5.41, 5.74) is 8.05. The molecule has 4 nitrogen and oxygen atoms in total. The Bertz CT molecular complexity index is 1690. The van der Waals surface area contributed by atoms with Crippen LogP contribution in [-0.4, -0.2) is 19.9 Å². The smallest absolute Gasteiger partial charge is 0.0816 e. The van der Waals surface area contributed by atoms with Gasteiger partial charge < -0.3 is 19.9 Å². The number of nitrogens with one attached hydrogen (secondary N) is 4. The molecule has 0 radical (unpaired) electrons. The molecule has 0 aliphatic carbocycles. The lowest BCUT2D eigenvalue weighted by Gasteiger charge is -2.31. The first-order valence-electron chi connectivity index (χ1n) is 14.2. The molecule has 42 heavy (non-hydrogen) atoms. The summed E-state index contributed by atoms with van der Waals surface area (Å²) in [4.78, 5) is 18.1. The lowest BCUT2D eigenvalue weighted by Crippen LogP contribution is -2.29. The van der Waals surface area contributed by atoms with Crippen molar-refractivity contribution in [1.82, 2.24) is 19.9 Å². The van der Waals surface area contributed by atoms with Gasteiger partial charge in [-0.2, -0.15) is 0 Å². The Kier molecular flexibility index (Phi) is 6.38. The van der Waals surface area contributed by atoms with Crippen LogP contribution in [0, 0.1) is 0 Å². The van der Waals surface area contributed by atoms with Gasteiger partial charge in [0.25, 0.3) is 0 Å². The number of thiophene rings is 2. The number of aromatic amines is 4. The number of hydrogen-bond acceptors (Lipinski definition) is 2. The molecule has 6 aromatic heterocycles. The molecule has 8 heteroatoms. The van der Waals surface area contributed by atoms with Crippen molar-refractivity contribution in [3.8, 4) is 0 Å². The molecule has 1 aliphatic heterocycles. The predicted molar refractivity (Wildman–Crippen MR) is 183 cm³/mol. The molecular weight excluding hydrogens is 688 g/mol. The van der Waals surface area contributed by atoms with Gasteiger partial charge >= 0.3 is 0 Å². The molecule has 0 amide bonds. The van der Waals surface area contributed by atoms with E-state index in [1.807, 2.05) is 0 Å². The summed E-state index contributed by atoms with van der Waals surface area (Å²) in [6.07, 6.45) is 0. The average molecular weight is 723 g/mol. The highest BCUT2D eigenvalue weighted by Gasteiger charge is 2.41. The van der Waals surface area contributed by atoms with Crippen molar-refractivity contribution in [2.75, 3.05) is 0 Å². The quantitative estimate of drug-likeness (QED) is 0.138. The Morgan fingerprint density at radius 3 is 0.905 bits per heavy atom. The molecule has 0 saturated carbocycles. The lowest BCUT2D eigenvalue weighted by molar-refractivity contribution is 0.566. The number of hydrogen-bond donors (Lipinski definition) is 4. The van der Waals surface area contributed by atoms with Crippen molar-refractivity contribution in [2.24, 2.45) is 0 Å². The zero-order chi connectivity index (χ0) is 29.7. The van der Waals surface area contributed by atoms with Crippen molar-refractivity contribution >= 4 is 54.5 Å². The molecule has 8 bridgehead atoms. The van der Waals surface area contributed by atoms with Crippen molar-refractivity contribution in [3.05, 3.63) is 136 Å². The summed E-state index contributed by atoms with van der Waals surface area (Å²) in [5.74, 6) is 0. The highest BCUT2D eigenvalue weighted by atomic mass is 79.9. The highest BCUT2D eigenvalue weighted by Crippen LogP contribution is 2.47. The Balaban J connectivity index is 1.50. The van der Waals surface area contributed by atoms with E-state index in [1.54, 1.807) is 22.7 Å². The number of halogens is 2. The van der Waals surface area contributed by atoms with Crippen LogP contribution in [0.1, 0.15) is 96.8 Å². The summed E-state index contributed by atoms with van der Waals surface area (Å²) in [6, 6.07) is 26.9. The monoisotopic (exact) mass is 720 g/mol. The zero-order valence-corrected chi connectivity index (χ0v) is 29.3. The van der Waals surface area contributed by atoms with Gasteiger partial charge in [-0.25, -0.2) is 0 Å². The lowest BCUT2D eigenvalue weighted by atomic mass is 9.82. The van der Waals surface area contributed by atoms with Crippen LogP contribution in [-0.2, 0) is 21.7 Å². The first-order valence-corrected chi connectivity index (χ1v) is 17.4. The van der Waals surface area contributed by atoms with Gasteiger partial charge in [-0.3, -0.25) is 0 Å². The summed E-state index contributed by atoms with van der Waals surface area (Å²) >= 11 is 11.0. The minimum absolute atomic E-state index is 0.273. The maximum absolute atomic E-state index is 3.90. The third-order valence-electron chi connectivity index (χ3n) is 9.72. The summed E-state index contributed by atoms with van der Waals surface area (Å²) in [7, 11) is 0. The van der Waals surface area contributed by atoms with E-state index in [9.17, 15) is 0 Å². The number of aromatic nitrogens is 4. The first-order chi connectivity index (χ1) is 19.8. The molecule has 7 rings (SSSR count). The molecule has 0 aromatic carbocycles. The van der Waals surface area contributed by atoms with E-state index in [0.29, 0.717) is 0 Å². The topological polar surface area (TPSA) is 63.2 Å². The van der Waals surface area contributed by atoms with Crippen molar-refractivity contribution in [1.29, 1.82) is 0 Å². The van der Waals surface area contributed by atoms with E-state index >= 15 is 0 Å². The van der Waals surface area contributed by atoms with Crippen LogP contribution in [0.3, 0.4) is 0 Å². The van der Waals surface area contributed by atoms with Gasteiger partial charge in [-0.1, -0.05) is 0 Å². The van der Waals surface area contributed by atoms with E-state index in [4.69, 9.17) is 0 Å². The van der Waals surface area contributed by atoms with Crippen LogP contribution < -0.4 is 0 Å². The molecule has 0 saturated heterocycles.